The predicted molar refractivity (Wildman–Crippen MR) is 76.0 cm³/mol. The molecule has 1 aromatic carbocycles. The predicted octanol–water partition coefficient (Wildman–Crippen LogP) is 1.08. The first-order chi connectivity index (χ1) is 9.94. The average molecular weight is 309 g/mol. The second-order valence-corrected chi connectivity index (χ2v) is 5.55. The molecule has 0 radical (unpaired) electrons. The monoisotopic (exact) mass is 309 g/mol. The fourth-order valence-electron chi connectivity index (χ4n) is 1.58. The lowest BCUT2D eigenvalue weighted by atomic mass is 10.3. The molecule has 0 saturated carbocycles. The summed E-state index contributed by atoms with van der Waals surface area (Å²) < 4.78 is 26.8. The molecule has 0 aliphatic heterocycles. The number of nitro groups is 1. The van der Waals surface area contributed by atoms with Gasteiger partial charge >= 0.3 is 0 Å². The lowest BCUT2D eigenvalue weighted by Crippen LogP contribution is -2.18. The molecule has 0 aliphatic carbocycles. The number of nitrogens with zero attached hydrogens (tertiary/aromatic N) is 2. The average Bonchev–Trinajstić information content (AvgIpc) is 2.47. The topological polar surface area (TPSA) is 140 Å². The molecule has 0 unspecified atom stereocenters. The van der Waals surface area contributed by atoms with Crippen molar-refractivity contribution < 1.29 is 13.3 Å². The Morgan fingerprint density at radius 3 is 2.57 bits per heavy atom. The highest BCUT2D eigenvalue weighted by Crippen LogP contribution is 2.27. The molecular weight excluding hydrogens is 298 g/mol. The molecule has 9 nitrogen and oxygen atoms in total. The number of rotatable bonds is 5. The number of non-ortho nitro benzene ring substituents is 1. The molecule has 2 aromatic rings. The first-order valence-electron chi connectivity index (χ1n) is 5.63. The van der Waals surface area contributed by atoms with Gasteiger partial charge in [0.25, 0.3) is 15.7 Å². The fourth-order valence-corrected chi connectivity index (χ4v) is 2.78. The highest BCUT2D eigenvalue weighted by molar-refractivity contribution is 7.92. The number of nitrogen functional groups attached to an aromatic ring is 1. The van der Waals surface area contributed by atoms with E-state index in [1.165, 1.54) is 18.3 Å². The van der Waals surface area contributed by atoms with Gasteiger partial charge in [-0.15, -0.1) is 0 Å². The maximum atomic E-state index is 12.3. The molecule has 110 valence electrons. The van der Waals surface area contributed by atoms with Crippen LogP contribution in [0.2, 0.25) is 0 Å². The van der Waals surface area contributed by atoms with Crippen molar-refractivity contribution in [2.45, 2.75) is 4.90 Å². The summed E-state index contributed by atoms with van der Waals surface area (Å²) in [6, 6.07) is 7.95. The van der Waals surface area contributed by atoms with Gasteiger partial charge in [0.15, 0.2) is 0 Å². The van der Waals surface area contributed by atoms with E-state index in [-0.39, 0.29) is 22.1 Å². The van der Waals surface area contributed by atoms with Crippen LogP contribution in [-0.2, 0) is 10.0 Å². The Labute approximate surface area is 120 Å². The Hall–Kier alpha value is -2.72. The van der Waals surface area contributed by atoms with Crippen LogP contribution in [0.5, 0.6) is 0 Å². The largest absolute Gasteiger partial charge is 0.323 e. The van der Waals surface area contributed by atoms with Gasteiger partial charge in [0.05, 0.1) is 10.6 Å². The summed E-state index contributed by atoms with van der Waals surface area (Å²) in [5, 5.41) is 10.8. The summed E-state index contributed by atoms with van der Waals surface area (Å²) >= 11 is 0. The van der Waals surface area contributed by atoms with E-state index in [1.807, 2.05) is 0 Å². The van der Waals surface area contributed by atoms with Crippen molar-refractivity contribution in [1.82, 2.24) is 4.98 Å². The Morgan fingerprint density at radius 1 is 1.24 bits per heavy atom. The number of benzene rings is 1. The number of nitro benzene ring substituents is 1. The number of pyridine rings is 1. The lowest BCUT2D eigenvalue weighted by Gasteiger charge is -2.11. The van der Waals surface area contributed by atoms with E-state index in [0.717, 1.165) is 12.1 Å². The highest BCUT2D eigenvalue weighted by atomic mass is 32.2. The van der Waals surface area contributed by atoms with Crippen molar-refractivity contribution in [3.8, 4) is 0 Å². The van der Waals surface area contributed by atoms with Gasteiger partial charge in [0.1, 0.15) is 10.7 Å². The molecule has 0 bridgehead atoms. The third kappa shape index (κ3) is 3.24. The molecule has 0 aliphatic rings. The van der Waals surface area contributed by atoms with Crippen LogP contribution in [-0.4, -0.2) is 18.3 Å². The maximum absolute atomic E-state index is 12.3. The Bertz CT molecular complexity index is 763. The van der Waals surface area contributed by atoms with Gasteiger partial charge in [-0.3, -0.25) is 20.7 Å². The van der Waals surface area contributed by atoms with Gasteiger partial charge in [0, 0.05) is 18.3 Å². The number of anilines is 2. The van der Waals surface area contributed by atoms with Crippen LogP contribution in [0, 0.1) is 10.1 Å². The number of sulfonamides is 1. The van der Waals surface area contributed by atoms with Crippen LogP contribution < -0.4 is 16.0 Å². The number of nitrogens with one attached hydrogen (secondary N) is 2. The number of nitrogens with two attached hydrogens (primary N) is 1. The second-order valence-electron chi connectivity index (χ2n) is 3.90. The minimum absolute atomic E-state index is 0.0315. The second kappa shape index (κ2) is 5.73. The standard InChI is InChI=1S/C11H11N5O4S/c12-14-9-5-4-8(16(17)18)7-10(9)21(19,20)15-11-3-1-2-6-13-11/h1-7,14H,12H2,(H,13,15). The number of hydrazine groups is 1. The zero-order valence-corrected chi connectivity index (χ0v) is 11.4. The molecule has 10 heteroatoms. The quantitative estimate of drug-likeness (QED) is 0.426. The molecule has 0 saturated heterocycles. The zero-order valence-electron chi connectivity index (χ0n) is 10.6. The third-order valence-electron chi connectivity index (χ3n) is 2.52. The van der Waals surface area contributed by atoms with Crippen LogP contribution in [0.15, 0.2) is 47.5 Å². The van der Waals surface area contributed by atoms with Crippen molar-refractivity contribution in [1.29, 1.82) is 0 Å². The van der Waals surface area contributed by atoms with Crippen molar-refractivity contribution >= 4 is 27.2 Å². The van der Waals surface area contributed by atoms with Gasteiger partial charge in [-0.05, 0) is 18.2 Å². The van der Waals surface area contributed by atoms with Crippen molar-refractivity contribution in [2.75, 3.05) is 10.1 Å². The first kappa shape index (κ1) is 14.7. The van der Waals surface area contributed by atoms with E-state index in [9.17, 15) is 18.5 Å². The van der Waals surface area contributed by atoms with Crippen molar-refractivity contribution in [3.05, 3.63) is 52.7 Å². The molecule has 2 rings (SSSR count). The number of hydrogen-bond donors (Lipinski definition) is 3. The van der Waals surface area contributed by atoms with Crippen LogP contribution in [0.3, 0.4) is 0 Å². The summed E-state index contributed by atoms with van der Waals surface area (Å²) in [6.07, 6.45) is 1.41. The van der Waals surface area contributed by atoms with E-state index in [4.69, 9.17) is 5.84 Å². The highest BCUT2D eigenvalue weighted by Gasteiger charge is 2.22. The lowest BCUT2D eigenvalue weighted by molar-refractivity contribution is -0.385. The number of hydrogen-bond acceptors (Lipinski definition) is 7. The smallest absolute Gasteiger partial charge is 0.270 e. The van der Waals surface area contributed by atoms with E-state index in [0.29, 0.717) is 0 Å². The summed E-state index contributed by atoms with van der Waals surface area (Å²) in [7, 11) is -4.07. The fraction of sp³-hybridized carbons (Fsp3) is 0. The molecule has 1 aromatic heterocycles. The summed E-state index contributed by atoms with van der Waals surface area (Å²) in [5.41, 5.74) is 1.86. The van der Waals surface area contributed by atoms with Crippen molar-refractivity contribution in [3.63, 3.8) is 0 Å². The molecule has 0 spiro atoms. The van der Waals surface area contributed by atoms with E-state index in [2.05, 4.69) is 15.1 Å². The summed E-state index contributed by atoms with van der Waals surface area (Å²) in [4.78, 5) is 13.6. The maximum Gasteiger partial charge on any atom is 0.270 e. The SMILES string of the molecule is NNc1ccc([N+](=O)[O-])cc1S(=O)(=O)Nc1ccccn1. The third-order valence-corrected chi connectivity index (χ3v) is 3.92. The first-order valence-corrected chi connectivity index (χ1v) is 7.11. The summed E-state index contributed by atoms with van der Waals surface area (Å²) in [6.45, 7) is 0. The zero-order chi connectivity index (χ0) is 15.5. The molecule has 0 fully saturated rings. The Balaban J connectivity index is 2.48. The molecule has 4 N–H and O–H groups in total. The van der Waals surface area contributed by atoms with Crippen LogP contribution >= 0.6 is 0 Å². The van der Waals surface area contributed by atoms with Gasteiger partial charge in [-0.25, -0.2) is 13.4 Å². The van der Waals surface area contributed by atoms with E-state index >= 15 is 0 Å². The minimum Gasteiger partial charge on any atom is -0.323 e. The van der Waals surface area contributed by atoms with Gasteiger partial charge < -0.3 is 5.43 Å². The molecule has 0 amide bonds. The Morgan fingerprint density at radius 2 is 2.00 bits per heavy atom. The molecule has 0 atom stereocenters. The summed E-state index contributed by atoms with van der Waals surface area (Å²) in [5.74, 6) is 5.33. The minimum atomic E-state index is -4.07. The normalized spacial score (nSPS) is 10.9. The van der Waals surface area contributed by atoms with Gasteiger partial charge in [0.2, 0.25) is 0 Å². The van der Waals surface area contributed by atoms with Crippen LogP contribution in [0.1, 0.15) is 0 Å². The van der Waals surface area contributed by atoms with E-state index < -0.39 is 14.9 Å². The van der Waals surface area contributed by atoms with E-state index in [1.54, 1.807) is 12.1 Å². The van der Waals surface area contributed by atoms with Crippen LogP contribution in [0.4, 0.5) is 17.2 Å². The van der Waals surface area contributed by atoms with Crippen molar-refractivity contribution in [2.24, 2.45) is 5.84 Å². The Kier molecular flexibility index (Phi) is 4.00. The van der Waals surface area contributed by atoms with Crippen LogP contribution in [0.25, 0.3) is 0 Å². The molecular formula is C11H11N5O4S. The molecule has 1 heterocycles. The van der Waals surface area contributed by atoms with Gasteiger partial charge in [-0.2, -0.15) is 0 Å². The number of aromatic nitrogens is 1. The van der Waals surface area contributed by atoms with Gasteiger partial charge in [-0.1, -0.05) is 6.07 Å². The molecule has 21 heavy (non-hydrogen) atoms.